The summed E-state index contributed by atoms with van der Waals surface area (Å²) < 4.78 is 10.7. The summed E-state index contributed by atoms with van der Waals surface area (Å²) in [5.41, 5.74) is 1.67. The zero-order chi connectivity index (χ0) is 13.2. The van der Waals surface area contributed by atoms with Gasteiger partial charge in [-0.05, 0) is 17.7 Å². The molecule has 19 heavy (non-hydrogen) atoms. The van der Waals surface area contributed by atoms with E-state index in [1.165, 1.54) is 0 Å². The first-order chi connectivity index (χ1) is 9.29. The Morgan fingerprint density at radius 2 is 1.89 bits per heavy atom. The van der Waals surface area contributed by atoms with Gasteiger partial charge < -0.3 is 9.47 Å². The number of rotatable bonds is 4. The molecular formula is C16H14O3. The maximum Gasteiger partial charge on any atom is 0.194 e. The lowest BCUT2D eigenvalue weighted by Crippen LogP contribution is -2.07. The molecule has 96 valence electrons. The van der Waals surface area contributed by atoms with E-state index in [1.54, 1.807) is 7.11 Å². The molecule has 0 unspecified atom stereocenters. The summed E-state index contributed by atoms with van der Waals surface area (Å²) in [4.78, 5) is 12.2. The van der Waals surface area contributed by atoms with Crippen molar-refractivity contribution >= 4 is 5.78 Å². The van der Waals surface area contributed by atoms with Gasteiger partial charge in [0.25, 0.3) is 0 Å². The molecule has 3 rings (SSSR count). The number of hydrogen-bond donors (Lipinski definition) is 0. The summed E-state index contributed by atoms with van der Waals surface area (Å²) in [7, 11) is 1.62. The first-order valence-corrected chi connectivity index (χ1v) is 6.18. The molecule has 0 spiro atoms. The van der Waals surface area contributed by atoms with Crippen molar-refractivity contribution in [3.05, 3.63) is 65.7 Å². The van der Waals surface area contributed by atoms with Crippen molar-refractivity contribution in [3.8, 4) is 5.75 Å². The number of Topliss-reactive ketones (excluding diaryl/α,β-unsaturated/α-hetero) is 1. The normalized spacial score (nSPS) is 20.9. The summed E-state index contributed by atoms with van der Waals surface area (Å²) in [6, 6.07) is 16.9. The van der Waals surface area contributed by atoms with Gasteiger partial charge in [-0.3, -0.25) is 4.79 Å². The van der Waals surface area contributed by atoms with Gasteiger partial charge in [0.05, 0.1) is 7.11 Å². The molecule has 3 nitrogen and oxygen atoms in total. The maximum absolute atomic E-state index is 12.2. The van der Waals surface area contributed by atoms with Gasteiger partial charge in [-0.1, -0.05) is 42.5 Å². The lowest BCUT2D eigenvalue weighted by molar-refractivity contribution is 0.0953. The highest BCUT2D eigenvalue weighted by Crippen LogP contribution is 2.41. The molecule has 2 atom stereocenters. The Morgan fingerprint density at radius 3 is 2.63 bits per heavy atom. The Balaban J connectivity index is 1.76. The highest BCUT2D eigenvalue weighted by atomic mass is 16.6. The lowest BCUT2D eigenvalue weighted by Gasteiger charge is -2.01. The van der Waals surface area contributed by atoms with Gasteiger partial charge >= 0.3 is 0 Å². The first-order valence-electron chi connectivity index (χ1n) is 6.18. The van der Waals surface area contributed by atoms with Gasteiger partial charge in [0, 0.05) is 5.56 Å². The molecule has 0 N–H and O–H groups in total. The van der Waals surface area contributed by atoms with E-state index < -0.39 is 0 Å². The number of hydrogen-bond acceptors (Lipinski definition) is 3. The number of ether oxygens (including phenoxy) is 2. The highest BCUT2D eigenvalue weighted by molar-refractivity contribution is 6.01. The minimum atomic E-state index is -0.366. The number of carbonyl (C=O) groups is 1. The van der Waals surface area contributed by atoms with Crippen LogP contribution < -0.4 is 4.74 Å². The van der Waals surface area contributed by atoms with Gasteiger partial charge in [-0.2, -0.15) is 0 Å². The van der Waals surface area contributed by atoms with Crippen LogP contribution in [0.3, 0.4) is 0 Å². The average molecular weight is 254 g/mol. The molecule has 1 aliphatic rings. The van der Waals surface area contributed by atoms with Crippen molar-refractivity contribution in [1.29, 1.82) is 0 Å². The van der Waals surface area contributed by atoms with Crippen LogP contribution in [0.2, 0.25) is 0 Å². The van der Waals surface area contributed by atoms with Crippen LogP contribution in [-0.2, 0) is 4.74 Å². The van der Waals surface area contributed by atoms with Crippen molar-refractivity contribution in [3.63, 3.8) is 0 Å². The second-order valence-electron chi connectivity index (χ2n) is 4.48. The van der Waals surface area contributed by atoms with E-state index in [9.17, 15) is 4.79 Å². The monoisotopic (exact) mass is 254 g/mol. The third-order valence-electron chi connectivity index (χ3n) is 3.23. The molecule has 1 saturated heterocycles. The molecule has 1 heterocycles. The van der Waals surface area contributed by atoms with Crippen molar-refractivity contribution in [1.82, 2.24) is 0 Å². The van der Waals surface area contributed by atoms with E-state index in [0.29, 0.717) is 5.56 Å². The highest BCUT2D eigenvalue weighted by Gasteiger charge is 2.46. The molecule has 0 amide bonds. The summed E-state index contributed by atoms with van der Waals surface area (Å²) in [6.07, 6.45) is -0.516. The van der Waals surface area contributed by atoms with Gasteiger partial charge in [0.1, 0.15) is 11.9 Å². The van der Waals surface area contributed by atoms with Crippen LogP contribution in [0.5, 0.6) is 5.75 Å². The fourth-order valence-corrected chi connectivity index (χ4v) is 2.15. The van der Waals surface area contributed by atoms with Crippen LogP contribution in [0.1, 0.15) is 22.0 Å². The number of methoxy groups -OCH3 is 1. The van der Waals surface area contributed by atoms with E-state index >= 15 is 0 Å². The van der Waals surface area contributed by atoms with Gasteiger partial charge in [-0.15, -0.1) is 0 Å². The van der Waals surface area contributed by atoms with Crippen molar-refractivity contribution in [2.45, 2.75) is 12.2 Å². The predicted molar refractivity (Wildman–Crippen MR) is 71.4 cm³/mol. The summed E-state index contributed by atoms with van der Waals surface area (Å²) in [5.74, 6) is 0.812. The fraction of sp³-hybridized carbons (Fsp3) is 0.188. The summed E-state index contributed by atoms with van der Waals surface area (Å²) >= 11 is 0. The molecular weight excluding hydrogens is 240 g/mol. The average Bonchev–Trinajstić information content (AvgIpc) is 3.28. The van der Waals surface area contributed by atoms with Crippen LogP contribution in [0, 0.1) is 0 Å². The molecule has 2 aromatic rings. The van der Waals surface area contributed by atoms with Crippen LogP contribution in [0.25, 0.3) is 0 Å². The van der Waals surface area contributed by atoms with Crippen LogP contribution >= 0.6 is 0 Å². The second kappa shape index (κ2) is 4.86. The molecule has 0 bridgehead atoms. The smallest absolute Gasteiger partial charge is 0.194 e. The Hall–Kier alpha value is -2.13. The summed E-state index contributed by atoms with van der Waals surface area (Å²) in [5, 5.41) is 0. The van der Waals surface area contributed by atoms with Gasteiger partial charge in [-0.25, -0.2) is 0 Å². The minimum absolute atomic E-state index is 0.0356. The summed E-state index contributed by atoms with van der Waals surface area (Å²) in [6.45, 7) is 0. The Kier molecular flexibility index (Phi) is 3.05. The van der Waals surface area contributed by atoms with Crippen LogP contribution in [0.4, 0.5) is 0 Å². The molecule has 2 aromatic carbocycles. The lowest BCUT2D eigenvalue weighted by atomic mass is 10.0. The standard InChI is InChI=1S/C16H14O3/c1-18-13-9-5-8-12(10-13)15-16(19-15)14(17)11-6-3-2-4-7-11/h2-10,15-16H,1H3/t15-,16-/m0/s1. The van der Waals surface area contributed by atoms with Crippen molar-refractivity contribution < 1.29 is 14.3 Å². The number of ketones is 1. The second-order valence-corrected chi connectivity index (χ2v) is 4.48. The van der Waals surface area contributed by atoms with Gasteiger partial charge in [0.2, 0.25) is 0 Å². The van der Waals surface area contributed by atoms with Gasteiger partial charge in [0.15, 0.2) is 11.9 Å². The Morgan fingerprint density at radius 1 is 1.11 bits per heavy atom. The van der Waals surface area contributed by atoms with E-state index in [0.717, 1.165) is 11.3 Å². The minimum Gasteiger partial charge on any atom is -0.497 e. The molecule has 0 radical (unpaired) electrons. The molecule has 0 aromatic heterocycles. The van der Waals surface area contributed by atoms with Crippen molar-refractivity contribution in [2.75, 3.05) is 7.11 Å². The number of carbonyl (C=O) groups excluding carboxylic acids is 1. The van der Waals surface area contributed by atoms with Crippen LogP contribution in [0.15, 0.2) is 54.6 Å². The number of epoxide rings is 1. The SMILES string of the molecule is COc1cccc([C@@H]2O[C@H]2C(=O)c2ccccc2)c1. The zero-order valence-electron chi connectivity index (χ0n) is 10.6. The van der Waals surface area contributed by atoms with E-state index in [-0.39, 0.29) is 18.0 Å². The third kappa shape index (κ3) is 2.37. The molecule has 3 heteroatoms. The molecule has 1 fully saturated rings. The molecule has 0 saturated carbocycles. The molecule has 0 aliphatic carbocycles. The largest absolute Gasteiger partial charge is 0.497 e. The number of benzene rings is 2. The van der Waals surface area contributed by atoms with E-state index in [1.807, 2.05) is 54.6 Å². The van der Waals surface area contributed by atoms with E-state index in [2.05, 4.69) is 0 Å². The predicted octanol–water partition coefficient (Wildman–Crippen LogP) is 3.02. The van der Waals surface area contributed by atoms with E-state index in [4.69, 9.17) is 9.47 Å². The quantitative estimate of drug-likeness (QED) is 0.622. The Bertz CT molecular complexity index is 592. The van der Waals surface area contributed by atoms with Crippen LogP contribution in [-0.4, -0.2) is 19.0 Å². The van der Waals surface area contributed by atoms with Crippen molar-refractivity contribution in [2.24, 2.45) is 0 Å². The first kappa shape index (κ1) is 11.9. The fourth-order valence-electron chi connectivity index (χ4n) is 2.15. The molecule has 1 aliphatic heterocycles. The topological polar surface area (TPSA) is 38.8 Å². The third-order valence-corrected chi connectivity index (χ3v) is 3.23. The maximum atomic E-state index is 12.2. The Labute approximate surface area is 111 Å². The zero-order valence-corrected chi connectivity index (χ0v) is 10.6.